The van der Waals surface area contributed by atoms with E-state index in [1.54, 1.807) is 35.1 Å². The van der Waals surface area contributed by atoms with Crippen LogP contribution in [0.3, 0.4) is 0 Å². The molecule has 4 heterocycles. The van der Waals surface area contributed by atoms with Crippen LogP contribution >= 0.6 is 0 Å². The Morgan fingerprint density at radius 2 is 1.61 bits per heavy atom. The smallest absolute Gasteiger partial charge is 0.343 e. The summed E-state index contributed by atoms with van der Waals surface area (Å²) in [7, 11) is -0.0524. The number of hydrogen-bond donors (Lipinski definition) is 3. The van der Waals surface area contributed by atoms with Crippen LogP contribution in [0.4, 0.5) is 5.82 Å². The lowest BCUT2D eigenvalue weighted by atomic mass is 9.94. The molecule has 4 aromatic heterocycles. The molecule has 0 fully saturated rings. The van der Waals surface area contributed by atoms with Crippen LogP contribution in [-0.2, 0) is 16.7 Å². The fourth-order valence-corrected chi connectivity index (χ4v) is 6.98. The van der Waals surface area contributed by atoms with Gasteiger partial charge in [-0.3, -0.25) is 9.54 Å². The standard InChI is InChI=1S/C30H27N7O3.C10H8O3S/c1-17(37-29-25(28(31)33-16-34-29)26(35-37)20-12-21(38)14-32-13-20)27-24(19-8-6-7-18(11-19)15-36(2)3)22-9-4-5-10-23(22)30(39)40-27;11-14(12,13)10-6-5-8-3-1-2-4-9(8)7-10/h4-14,16-17,38H,15H2,1-3H3,(H2,31,33,34);1-7H,(H,11,12,13). The predicted octanol–water partition coefficient (Wildman–Crippen LogP) is 6.71. The summed E-state index contributed by atoms with van der Waals surface area (Å²) < 4.78 is 38.2. The van der Waals surface area contributed by atoms with Gasteiger partial charge >= 0.3 is 5.63 Å². The van der Waals surface area contributed by atoms with Crippen LogP contribution in [-0.4, -0.2) is 61.8 Å². The second kappa shape index (κ2) is 14.5. The van der Waals surface area contributed by atoms with Crippen molar-refractivity contribution in [1.82, 2.24) is 29.6 Å². The minimum atomic E-state index is -4.09. The molecule has 0 radical (unpaired) electrons. The Balaban J connectivity index is 0.000000269. The second-order valence-electron chi connectivity index (χ2n) is 13.0. The highest BCUT2D eigenvalue weighted by molar-refractivity contribution is 7.85. The molecular formula is C40H35N7O6S. The summed E-state index contributed by atoms with van der Waals surface area (Å²) in [5.74, 6) is 0.662. The molecule has 4 N–H and O–H groups in total. The molecule has 0 aliphatic heterocycles. The molecule has 14 heteroatoms. The number of rotatable bonds is 7. The van der Waals surface area contributed by atoms with E-state index in [9.17, 15) is 18.3 Å². The van der Waals surface area contributed by atoms with Crippen molar-refractivity contribution in [3.05, 3.63) is 138 Å². The Bertz CT molecular complexity index is 2850. The third-order valence-electron chi connectivity index (χ3n) is 8.86. The van der Waals surface area contributed by atoms with Crippen molar-refractivity contribution in [2.75, 3.05) is 19.8 Å². The number of aromatic nitrogens is 5. The number of nitrogens with two attached hydrogens (primary N) is 1. The van der Waals surface area contributed by atoms with Crippen molar-refractivity contribution >= 4 is 48.5 Å². The van der Waals surface area contributed by atoms with E-state index in [1.807, 2.05) is 69.6 Å². The fourth-order valence-electron chi connectivity index (χ4n) is 6.46. The van der Waals surface area contributed by atoms with Gasteiger partial charge in [0.2, 0.25) is 0 Å². The fraction of sp³-hybridized carbons (Fsp3) is 0.125. The highest BCUT2D eigenvalue weighted by Crippen LogP contribution is 2.39. The van der Waals surface area contributed by atoms with Gasteiger partial charge in [0.15, 0.2) is 5.65 Å². The van der Waals surface area contributed by atoms with E-state index in [1.165, 1.54) is 24.7 Å². The summed E-state index contributed by atoms with van der Waals surface area (Å²) in [5.41, 5.74) is 10.2. The van der Waals surface area contributed by atoms with E-state index in [-0.39, 0.29) is 16.5 Å². The SMILES string of the molecule is CC(c1oc(=O)c2ccccc2c1-c1cccc(CN(C)C)c1)n1nc(-c2cncc(O)c2)c2c(N)ncnc21.O=S(=O)(O)c1ccc2ccccc2c1. The molecule has 1 atom stereocenters. The van der Waals surface area contributed by atoms with Crippen LogP contribution < -0.4 is 11.4 Å². The van der Waals surface area contributed by atoms with E-state index in [0.717, 1.165) is 39.4 Å². The first-order valence-corrected chi connectivity index (χ1v) is 18.2. The Morgan fingerprint density at radius 1 is 0.870 bits per heavy atom. The Morgan fingerprint density at radius 3 is 2.35 bits per heavy atom. The minimum Gasteiger partial charge on any atom is -0.506 e. The normalized spacial score (nSPS) is 12.2. The zero-order chi connectivity index (χ0) is 38.1. The third-order valence-corrected chi connectivity index (χ3v) is 9.71. The number of nitrogens with zero attached hydrogens (tertiary/aromatic N) is 6. The van der Waals surface area contributed by atoms with Crippen molar-refractivity contribution < 1.29 is 22.5 Å². The summed E-state index contributed by atoms with van der Waals surface area (Å²) in [5, 5.41) is 18.5. The molecule has 0 saturated carbocycles. The lowest BCUT2D eigenvalue weighted by Gasteiger charge is -2.19. The quantitative estimate of drug-likeness (QED) is 0.147. The molecule has 8 aromatic rings. The summed E-state index contributed by atoms with van der Waals surface area (Å²) in [6.45, 7) is 2.66. The maximum absolute atomic E-state index is 13.2. The number of benzene rings is 4. The first kappa shape index (κ1) is 35.9. The van der Waals surface area contributed by atoms with Crippen LogP contribution in [0.5, 0.6) is 5.75 Å². The van der Waals surface area contributed by atoms with Gasteiger partial charge < -0.3 is 20.2 Å². The molecule has 1 unspecified atom stereocenters. The molecule has 54 heavy (non-hydrogen) atoms. The molecule has 4 aromatic carbocycles. The zero-order valence-corrected chi connectivity index (χ0v) is 30.3. The molecule has 8 rings (SSSR count). The molecule has 0 aliphatic carbocycles. The lowest BCUT2D eigenvalue weighted by molar-refractivity contribution is 0.402. The van der Waals surface area contributed by atoms with E-state index >= 15 is 0 Å². The number of anilines is 1. The van der Waals surface area contributed by atoms with Crippen molar-refractivity contribution in [1.29, 1.82) is 0 Å². The van der Waals surface area contributed by atoms with Gasteiger partial charge in [-0.05, 0) is 73.3 Å². The average molecular weight is 742 g/mol. The van der Waals surface area contributed by atoms with Crippen LogP contribution in [0, 0.1) is 0 Å². The summed E-state index contributed by atoms with van der Waals surface area (Å²) in [4.78, 5) is 28.0. The van der Waals surface area contributed by atoms with E-state index in [2.05, 4.69) is 32.0 Å². The van der Waals surface area contributed by atoms with Gasteiger partial charge in [-0.2, -0.15) is 13.5 Å². The highest BCUT2D eigenvalue weighted by atomic mass is 32.2. The van der Waals surface area contributed by atoms with Crippen molar-refractivity contribution in [3.8, 4) is 28.1 Å². The topological polar surface area (TPSA) is 191 Å². The lowest BCUT2D eigenvalue weighted by Crippen LogP contribution is -2.15. The number of aromatic hydroxyl groups is 1. The predicted molar refractivity (Wildman–Crippen MR) is 208 cm³/mol. The van der Waals surface area contributed by atoms with Gasteiger partial charge in [0.05, 0.1) is 21.9 Å². The second-order valence-corrected chi connectivity index (χ2v) is 14.4. The number of pyridine rings is 1. The zero-order valence-electron chi connectivity index (χ0n) is 29.5. The number of fused-ring (bicyclic) bond motifs is 3. The summed E-state index contributed by atoms with van der Waals surface area (Å²) in [6.07, 6.45) is 4.29. The molecule has 0 spiro atoms. The van der Waals surface area contributed by atoms with Crippen LogP contribution in [0.25, 0.3) is 55.0 Å². The summed E-state index contributed by atoms with van der Waals surface area (Å²) in [6, 6.07) is 28.5. The van der Waals surface area contributed by atoms with Crippen LogP contribution in [0.15, 0.2) is 130 Å². The number of nitrogen functional groups attached to an aromatic ring is 1. The molecular weight excluding hydrogens is 707 g/mol. The Labute approximate surface area is 309 Å². The largest absolute Gasteiger partial charge is 0.506 e. The van der Waals surface area contributed by atoms with Gasteiger partial charge in [-0.1, -0.05) is 66.7 Å². The van der Waals surface area contributed by atoms with E-state index in [4.69, 9.17) is 19.8 Å². The maximum Gasteiger partial charge on any atom is 0.343 e. The highest BCUT2D eigenvalue weighted by Gasteiger charge is 2.27. The average Bonchev–Trinajstić information content (AvgIpc) is 3.55. The monoisotopic (exact) mass is 741 g/mol. The molecule has 13 nitrogen and oxygen atoms in total. The minimum absolute atomic E-state index is 0.0101. The maximum atomic E-state index is 13.2. The Hall–Kier alpha value is -6.48. The van der Waals surface area contributed by atoms with Gasteiger partial charge in [0, 0.05) is 29.3 Å². The third kappa shape index (κ3) is 7.13. The molecule has 0 saturated heterocycles. The van der Waals surface area contributed by atoms with Gasteiger partial charge in [-0.25, -0.2) is 19.4 Å². The van der Waals surface area contributed by atoms with Gasteiger partial charge in [0.25, 0.3) is 10.1 Å². The molecule has 0 amide bonds. The van der Waals surface area contributed by atoms with Gasteiger partial charge in [-0.15, -0.1) is 0 Å². The van der Waals surface area contributed by atoms with E-state index < -0.39 is 21.8 Å². The Kier molecular flexibility index (Phi) is 9.64. The van der Waals surface area contributed by atoms with Gasteiger partial charge in [0.1, 0.15) is 35.4 Å². The summed E-state index contributed by atoms with van der Waals surface area (Å²) >= 11 is 0. The van der Waals surface area contributed by atoms with Crippen molar-refractivity contribution in [2.24, 2.45) is 0 Å². The van der Waals surface area contributed by atoms with Crippen LogP contribution in [0.2, 0.25) is 0 Å². The molecule has 272 valence electrons. The van der Waals surface area contributed by atoms with Crippen molar-refractivity contribution in [3.63, 3.8) is 0 Å². The van der Waals surface area contributed by atoms with E-state index in [0.29, 0.717) is 33.4 Å². The molecule has 0 aliphatic rings. The number of hydrogen-bond acceptors (Lipinski definition) is 11. The first-order chi connectivity index (χ1) is 25.9. The van der Waals surface area contributed by atoms with Crippen LogP contribution in [0.1, 0.15) is 24.3 Å². The molecule has 0 bridgehead atoms. The van der Waals surface area contributed by atoms with Crippen molar-refractivity contribution in [2.45, 2.75) is 24.4 Å². The first-order valence-electron chi connectivity index (χ1n) is 16.8.